The molecule has 4 amide bonds. The van der Waals surface area contributed by atoms with Gasteiger partial charge in [-0.3, -0.25) is 29.0 Å². The summed E-state index contributed by atoms with van der Waals surface area (Å²) in [7, 11) is 0. The minimum atomic E-state index is -1.41. The number of guanidine groups is 1. The smallest absolute Gasteiger partial charge is 0.305 e. The third kappa shape index (κ3) is 8.73. The van der Waals surface area contributed by atoms with Gasteiger partial charge in [0.05, 0.1) is 25.1 Å². The minimum absolute atomic E-state index is 0. The molecule has 1 aliphatic carbocycles. The number of carbonyl (C=O) groups excluding carboxylic acids is 4. The van der Waals surface area contributed by atoms with Gasteiger partial charge in [-0.15, -0.1) is 12.4 Å². The van der Waals surface area contributed by atoms with E-state index in [9.17, 15) is 29.1 Å². The fraction of sp³-hybridized carbons (Fsp3) is 0.667. The van der Waals surface area contributed by atoms with Gasteiger partial charge in [0, 0.05) is 12.5 Å². The monoisotopic (exact) mass is 491 g/mol. The van der Waals surface area contributed by atoms with Crippen LogP contribution in [0, 0.1) is 5.92 Å². The number of halogens is 1. The van der Waals surface area contributed by atoms with Crippen LogP contribution in [0.15, 0.2) is 4.99 Å². The van der Waals surface area contributed by atoms with Crippen LogP contribution >= 0.6 is 12.4 Å². The Morgan fingerprint density at radius 2 is 1.70 bits per heavy atom. The van der Waals surface area contributed by atoms with Crippen LogP contribution in [0.2, 0.25) is 0 Å². The lowest BCUT2D eigenvalue weighted by molar-refractivity contribution is -0.141. The van der Waals surface area contributed by atoms with E-state index in [1.807, 2.05) is 0 Å². The van der Waals surface area contributed by atoms with E-state index in [1.54, 1.807) is 0 Å². The van der Waals surface area contributed by atoms with E-state index in [0.717, 1.165) is 0 Å². The molecule has 5 atom stereocenters. The number of hydrogen-bond donors (Lipinski definition) is 8. The van der Waals surface area contributed by atoms with Crippen LogP contribution in [0.5, 0.6) is 0 Å². The summed E-state index contributed by atoms with van der Waals surface area (Å²) in [4.78, 5) is 64.9. The van der Waals surface area contributed by atoms with Crippen molar-refractivity contribution in [2.75, 3.05) is 13.1 Å². The highest BCUT2D eigenvalue weighted by molar-refractivity contribution is 5.94. The van der Waals surface area contributed by atoms with Crippen molar-refractivity contribution in [3.8, 4) is 0 Å². The first-order valence-electron chi connectivity index (χ1n) is 10.2. The number of nitrogens with one attached hydrogen (secondary N) is 4. The maximum atomic E-state index is 12.7. The minimum Gasteiger partial charge on any atom is -0.481 e. The molecule has 10 N–H and O–H groups in total. The quantitative estimate of drug-likeness (QED) is 0.103. The van der Waals surface area contributed by atoms with Crippen molar-refractivity contribution in [2.24, 2.45) is 22.4 Å². The molecule has 2 aliphatic rings. The van der Waals surface area contributed by atoms with E-state index in [2.05, 4.69) is 26.3 Å². The number of aliphatic hydroxyl groups is 1. The first-order chi connectivity index (χ1) is 15.1. The molecule has 1 aliphatic heterocycles. The Morgan fingerprint density at radius 3 is 2.33 bits per heavy atom. The number of nitrogens with zero attached hydrogens (tertiary/aromatic N) is 1. The molecule has 0 aromatic rings. The number of aliphatic carboxylic acids is 1. The Hall–Kier alpha value is -3.13. The molecule has 0 aromatic heterocycles. The highest BCUT2D eigenvalue weighted by atomic mass is 35.5. The molecule has 2 rings (SSSR count). The van der Waals surface area contributed by atoms with Gasteiger partial charge in [-0.2, -0.15) is 0 Å². The molecule has 186 valence electrons. The van der Waals surface area contributed by atoms with Crippen molar-refractivity contribution in [1.82, 2.24) is 21.3 Å². The zero-order chi connectivity index (χ0) is 23.8. The summed E-state index contributed by atoms with van der Waals surface area (Å²) in [5, 5.41) is 29.1. The molecule has 14 nitrogen and oxygen atoms in total. The maximum absolute atomic E-state index is 12.7. The average molecular weight is 492 g/mol. The van der Waals surface area contributed by atoms with Gasteiger partial charge in [0.2, 0.25) is 23.6 Å². The van der Waals surface area contributed by atoms with Crippen LogP contribution < -0.4 is 32.7 Å². The van der Waals surface area contributed by atoms with Gasteiger partial charge in [0.25, 0.3) is 0 Å². The first kappa shape index (κ1) is 27.9. The van der Waals surface area contributed by atoms with E-state index in [4.69, 9.17) is 16.6 Å². The maximum Gasteiger partial charge on any atom is 0.305 e. The van der Waals surface area contributed by atoms with Gasteiger partial charge in [-0.05, 0) is 25.7 Å². The lowest BCUT2D eigenvalue weighted by atomic mass is 10.0. The number of carboxylic acid groups (broad SMARTS) is 1. The van der Waals surface area contributed by atoms with Crippen LogP contribution in [0.3, 0.4) is 0 Å². The standard InChI is InChI=1S/C18H29N7O7.ClH/c19-18(20)21-3-1-2-9-16(31)22-7-13(27)23-11(6-14(28)29)17(32)25-10-4-8(5-12(10)26)15(30)24-9;/h8-12,26H,1-7H2,(H,22,31)(H,23,27)(H,24,30)(H,25,32)(H,28,29)(H4,19,20,21);1H/t8-,9-,10+,11-,12+;/m0./s1. The Kier molecular flexibility index (Phi) is 10.8. The summed E-state index contributed by atoms with van der Waals surface area (Å²) < 4.78 is 0. The van der Waals surface area contributed by atoms with Crippen molar-refractivity contribution in [2.45, 2.75) is 56.3 Å². The van der Waals surface area contributed by atoms with Crippen LogP contribution in [0.1, 0.15) is 32.1 Å². The van der Waals surface area contributed by atoms with Crippen molar-refractivity contribution >= 4 is 48.0 Å². The number of nitrogens with two attached hydrogens (primary N) is 2. The summed E-state index contributed by atoms with van der Waals surface area (Å²) in [6.45, 7) is -0.298. The Bertz CT molecular complexity index is 790. The van der Waals surface area contributed by atoms with Crippen molar-refractivity contribution in [3.63, 3.8) is 0 Å². The number of aliphatic imine (C=N–C) groups is 1. The predicted octanol–water partition coefficient (Wildman–Crippen LogP) is -3.71. The summed E-state index contributed by atoms with van der Waals surface area (Å²) in [6, 6.07) is -3.19. The normalized spacial score (nSPS) is 28.2. The van der Waals surface area contributed by atoms with Gasteiger partial charge in [-0.25, -0.2) is 0 Å². The van der Waals surface area contributed by atoms with Gasteiger partial charge in [0.1, 0.15) is 12.1 Å². The van der Waals surface area contributed by atoms with E-state index < -0.39 is 72.7 Å². The molecule has 33 heavy (non-hydrogen) atoms. The number of fused-ring (bicyclic) bond motifs is 2. The zero-order valence-electron chi connectivity index (χ0n) is 17.8. The van der Waals surface area contributed by atoms with Crippen LogP contribution in [-0.4, -0.2) is 83.1 Å². The Balaban J connectivity index is 0.00000544. The predicted molar refractivity (Wildman–Crippen MR) is 117 cm³/mol. The topological polar surface area (TPSA) is 238 Å². The molecule has 1 saturated carbocycles. The number of carboxylic acids is 1. The molecule has 2 fully saturated rings. The number of hydrogen-bond acceptors (Lipinski definition) is 7. The van der Waals surface area contributed by atoms with Gasteiger partial charge in [0.15, 0.2) is 5.96 Å². The SMILES string of the molecule is Cl.NC(N)=NCCC[C@@H]1NC(=O)[C@@H]2C[C@@H](O)[C@@H](C2)NC(=O)[C@H](CC(=O)O)NC(=O)CNC1=O. The van der Waals surface area contributed by atoms with E-state index in [0.29, 0.717) is 6.42 Å². The molecule has 0 spiro atoms. The average Bonchev–Trinajstić information content (AvgIpc) is 3.07. The molecule has 2 bridgehead atoms. The lowest BCUT2D eigenvalue weighted by Crippen LogP contribution is -2.55. The van der Waals surface area contributed by atoms with Crippen LogP contribution in [-0.2, 0) is 24.0 Å². The number of aliphatic hydroxyl groups excluding tert-OH is 1. The van der Waals surface area contributed by atoms with E-state index in [-0.39, 0.29) is 44.2 Å². The van der Waals surface area contributed by atoms with Crippen LogP contribution in [0.25, 0.3) is 0 Å². The summed E-state index contributed by atoms with van der Waals surface area (Å²) in [5.41, 5.74) is 10.5. The Labute approximate surface area is 195 Å². The van der Waals surface area contributed by atoms with E-state index in [1.165, 1.54) is 0 Å². The number of carbonyl (C=O) groups is 5. The molecule has 0 radical (unpaired) electrons. The molecular weight excluding hydrogens is 462 g/mol. The second kappa shape index (κ2) is 12.8. The highest BCUT2D eigenvalue weighted by Gasteiger charge is 2.40. The molecule has 1 heterocycles. The van der Waals surface area contributed by atoms with Gasteiger partial charge >= 0.3 is 5.97 Å². The summed E-state index contributed by atoms with van der Waals surface area (Å²) >= 11 is 0. The fourth-order valence-electron chi connectivity index (χ4n) is 3.65. The summed E-state index contributed by atoms with van der Waals surface area (Å²) in [6.07, 6.45) is -1.03. The fourth-order valence-corrected chi connectivity index (χ4v) is 3.65. The largest absolute Gasteiger partial charge is 0.481 e. The summed E-state index contributed by atoms with van der Waals surface area (Å²) in [5.74, 6) is -4.79. The van der Waals surface area contributed by atoms with Crippen LogP contribution in [0.4, 0.5) is 0 Å². The van der Waals surface area contributed by atoms with Crippen molar-refractivity contribution in [1.29, 1.82) is 0 Å². The number of amides is 4. The zero-order valence-corrected chi connectivity index (χ0v) is 18.6. The second-order valence-corrected chi connectivity index (χ2v) is 7.80. The van der Waals surface area contributed by atoms with Gasteiger partial charge < -0.3 is 42.9 Å². The second-order valence-electron chi connectivity index (χ2n) is 7.80. The molecule has 0 unspecified atom stereocenters. The molecular formula is C18H30ClN7O7. The number of rotatable bonds is 6. The van der Waals surface area contributed by atoms with Crippen molar-refractivity contribution < 1.29 is 34.2 Å². The van der Waals surface area contributed by atoms with E-state index >= 15 is 0 Å². The molecule has 15 heteroatoms. The van der Waals surface area contributed by atoms with Crippen molar-refractivity contribution in [3.05, 3.63) is 0 Å². The molecule has 1 saturated heterocycles. The third-order valence-electron chi connectivity index (χ3n) is 5.26. The first-order valence-corrected chi connectivity index (χ1v) is 10.2. The lowest BCUT2D eigenvalue weighted by Gasteiger charge is -2.23. The Morgan fingerprint density at radius 1 is 1.00 bits per heavy atom. The third-order valence-corrected chi connectivity index (χ3v) is 5.26. The molecule has 0 aromatic carbocycles. The van der Waals surface area contributed by atoms with Gasteiger partial charge in [-0.1, -0.05) is 0 Å². The highest BCUT2D eigenvalue weighted by Crippen LogP contribution is 2.27.